The third-order valence-electron chi connectivity index (χ3n) is 3.86. The molecule has 0 radical (unpaired) electrons. The van der Waals surface area contributed by atoms with E-state index in [4.69, 9.17) is 9.47 Å². The van der Waals surface area contributed by atoms with Crippen LogP contribution in [-0.2, 0) is 30.5 Å². The minimum atomic E-state index is -1.09. The molecule has 1 amide bonds. The Morgan fingerprint density at radius 1 is 0.842 bits per heavy atom. The Labute approximate surface area is 246 Å². The zero-order valence-corrected chi connectivity index (χ0v) is 21.6. The van der Waals surface area contributed by atoms with Gasteiger partial charge in [0.25, 0.3) is 5.91 Å². The summed E-state index contributed by atoms with van der Waals surface area (Å²) in [5, 5.41) is 2.46. The fourth-order valence-electron chi connectivity index (χ4n) is 2.35. The molecule has 0 heterocycles. The smallest absolute Gasteiger partial charge is 0.329 e. The maximum Gasteiger partial charge on any atom is 0.329 e. The van der Waals surface area contributed by atoms with E-state index in [2.05, 4.69) is 88.2 Å². The molecule has 1 atom stereocenters. The van der Waals surface area contributed by atoms with Gasteiger partial charge in [-0.05, 0) is 111 Å². The summed E-state index contributed by atoms with van der Waals surface area (Å²) in [6.07, 6.45) is -0.128. The van der Waals surface area contributed by atoms with E-state index >= 15 is 0 Å². The fourth-order valence-corrected chi connectivity index (χ4v) is 2.35. The predicted molar refractivity (Wildman–Crippen MR) is 175 cm³/mol. The van der Waals surface area contributed by atoms with Gasteiger partial charge >= 0.3 is 11.9 Å². The van der Waals surface area contributed by atoms with Crippen LogP contribution in [0.15, 0.2) is 30.3 Å². The summed E-state index contributed by atoms with van der Waals surface area (Å²) >= 11 is 0. The van der Waals surface area contributed by atoms with Crippen LogP contribution in [0, 0.1) is 82.9 Å². The molecule has 218 valence electrons. The van der Waals surface area contributed by atoms with Crippen molar-refractivity contribution < 1.29 is 45.3 Å². The summed E-state index contributed by atoms with van der Waals surface area (Å²) in [4.78, 5) is 36.9. The zero-order chi connectivity index (χ0) is 28.1. The number of benzene rings is 1. The number of ether oxygens (including phenoxy) is 2. The second kappa shape index (κ2) is 17.9. The number of hydrogen-bond acceptors (Lipinski definition) is 5. The van der Waals surface area contributed by atoms with Gasteiger partial charge in [0.1, 0.15) is 18.2 Å². The van der Waals surface area contributed by atoms with E-state index in [9.17, 15) is 14.4 Å². The number of carbonyl (C=O) groups is 3. The van der Waals surface area contributed by atoms with Crippen molar-refractivity contribution in [3.63, 3.8) is 0 Å². The van der Waals surface area contributed by atoms with Crippen molar-refractivity contribution in [2.45, 2.75) is 58.8 Å². The van der Waals surface area contributed by atoms with E-state index in [1.807, 2.05) is 30.3 Å². The van der Waals surface area contributed by atoms with Gasteiger partial charge in [-0.1, -0.05) is 36.3 Å². The summed E-state index contributed by atoms with van der Waals surface area (Å²) in [7, 11) is 0. The fraction of sp³-hybridized carbons (Fsp3) is 0.281. The zero-order valence-electron chi connectivity index (χ0n) is 21.6. The van der Waals surface area contributed by atoms with Crippen LogP contribution in [0.4, 0.5) is 0 Å². The van der Waals surface area contributed by atoms with E-state index in [1.54, 1.807) is 27.7 Å². The lowest BCUT2D eigenvalue weighted by atomic mass is 10.1. The van der Waals surface area contributed by atoms with E-state index in [0.29, 0.717) is 0 Å². The summed E-state index contributed by atoms with van der Waals surface area (Å²) < 4.78 is 10.6. The van der Waals surface area contributed by atoms with Gasteiger partial charge in [-0.2, -0.15) is 0 Å². The third kappa shape index (κ3) is 16.2. The first-order valence-electron chi connectivity index (χ1n) is 11.4. The first kappa shape index (κ1) is 30.6. The lowest BCUT2D eigenvalue weighted by molar-refractivity contribution is -0.158. The van der Waals surface area contributed by atoms with Crippen LogP contribution in [0.25, 0.3) is 0 Å². The highest BCUT2D eigenvalue weighted by molar-refractivity contribution is 5.96. The van der Waals surface area contributed by atoms with Crippen LogP contribution in [0.3, 0.4) is 0 Å². The molecule has 0 spiro atoms. The number of rotatable bonds is 7. The standard InChI is InChI=1S/C32H25NO5.15H2/c1-5-6-7-8-9-10-11-12-13-14-15-16-20-23-29(34)33-28(31(36)38-32(2,3)4)24-25-30(35)37-26-27-21-18-17-19-22-27;;;;;;;;;;;;;;;/h17-19,21-22,28H,24-26H2,1-4H3,(H,33,34);15*1H/t28-;;;;;;;;;;;;;;;/m0.............../s1. The average Bonchev–Trinajstić information content (AvgIpc) is 2.87. The van der Waals surface area contributed by atoms with Gasteiger partial charge in [-0.15, -0.1) is 0 Å². The molecule has 0 bridgehead atoms. The Morgan fingerprint density at radius 3 is 1.89 bits per heavy atom. The average molecular weight is 534 g/mol. The molecule has 0 saturated carbocycles. The molecule has 0 saturated heterocycles. The van der Waals surface area contributed by atoms with E-state index < -0.39 is 29.5 Å². The summed E-state index contributed by atoms with van der Waals surface area (Å²) in [5.74, 6) is 32.4. The molecule has 0 aliphatic rings. The normalized spacial score (nSPS) is 9.16. The van der Waals surface area contributed by atoms with Crippen molar-refractivity contribution in [2.24, 2.45) is 0 Å². The second-order valence-corrected chi connectivity index (χ2v) is 8.12. The Hall–Kier alpha value is -5.45. The number of hydrogen-bond donors (Lipinski definition) is 1. The van der Waals surface area contributed by atoms with E-state index in [1.165, 1.54) is 0 Å². The van der Waals surface area contributed by atoms with Crippen LogP contribution in [-0.4, -0.2) is 29.5 Å². The molecule has 1 rings (SSSR count). The summed E-state index contributed by atoms with van der Waals surface area (Å²) in [6, 6.07) is 8.09. The summed E-state index contributed by atoms with van der Waals surface area (Å²) in [6.45, 7) is 6.87. The quantitative estimate of drug-likeness (QED) is 0.340. The highest BCUT2D eigenvalue weighted by Gasteiger charge is 2.27. The van der Waals surface area contributed by atoms with Gasteiger partial charge in [0, 0.05) is 33.7 Å². The minimum absolute atomic E-state index is 0. The Morgan fingerprint density at radius 2 is 1.37 bits per heavy atom. The number of carbonyl (C=O) groups excluding carboxylic acids is 3. The Balaban J connectivity index is -0.0000000741. The lowest BCUT2D eigenvalue weighted by Crippen LogP contribution is -2.44. The maximum absolute atomic E-state index is 12.6. The highest BCUT2D eigenvalue weighted by Crippen LogP contribution is 2.11. The molecule has 1 aromatic rings. The van der Waals surface area contributed by atoms with Crippen LogP contribution in [0.5, 0.6) is 0 Å². The molecular weight excluding hydrogens is 478 g/mol. The van der Waals surface area contributed by atoms with Crippen molar-refractivity contribution in [1.29, 1.82) is 0 Å². The molecule has 1 N–H and O–H groups in total. The molecule has 0 fully saturated rings. The summed E-state index contributed by atoms with van der Waals surface area (Å²) in [5.41, 5.74) is 0.0537. The minimum Gasteiger partial charge on any atom is -0.461 e. The number of nitrogens with one attached hydrogen (secondary N) is 1. The molecule has 0 aromatic heterocycles. The number of amides is 1. The monoisotopic (exact) mass is 533 g/mol. The second-order valence-electron chi connectivity index (χ2n) is 8.12. The molecule has 6 heteroatoms. The molecular formula is C32H55NO5. The van der Waals surface area contributed by atoms with E-state index in [0.717, 1.165) is 5.56 Å². The molecule has 1 aromatic carbocycles. The van der Waals surface area contributed by atoms with Gasteiger partial charge in [0.05, 0.1) is 0 Å². The van der Waals surface area contributed by atoms with Gasteiger partial charge in [0.2, 0.25) is 0 Å². The van der Waals surface area contributed by atoms with Crippen molar-refractivity contribution in [3.05, 3.63) is 35.9 Å². The van der Waals surface area contributed by atoms with Gasteiger partial charge < -0.3 is 14.8 Å². The van der Waals surface area contributed by atoms with Crippen LogP contribution in [0.2, 0.25) is 0 Å². The van der Waals surface area contributed by atoms with Crippen LogP contribution in [0.1, 0.15) is 67.5 Å². The molecule has 38 heavy (non-hydrogen) atoms. The van der Waals surface area contributed by atoms with Crippen LogP contribution >= 0.6 is 0 Å². The molecule has 0 unspecified atom stereocenters. The van der Waals surface area contributed by atoms with Crippen molar-refractivity contribution >= 4 is 17.8 Å². The van der Waals surface area contributed by atoms with Crippen molar-refractivity contribution in [1.82, 2.24) is 5.32 Å². The van der Waals surface area contributed by atoms with Crippen molar-refractivity contribution in [3.8, 4) is 82.9 Å². The SMILES string of the molecule is CC#CC#CC#CC#CC#CC#CC#CC(=O)N[C@@H](CCC(=O)OCc1ccccc1)C(=O)OC(C)(C)C.[HH].[HH].[HH].[HH].[HH].[HH].[HH].[HH].[HH].[HH].[HH].[HH].[HH].[HH].[HH]. The van der Waals surface area contributed by atoms with Crippen molar-refractivity contribution in [2.75, 3.05) is 0 Å². The number of esters is 2. The third-order valence-corrected chi connectivity index (χ3v) is 3.86. The largest absolute Gasteiger partial charge is 0.461 e. The lowest BCUT2D eigenvalue weighted by Gasteiger charge is -2.24. The van der Waals surface area contributed by atoms with Gasteiger partial charge in [0.15, 0.2) is 0 Å². The highest BCUT2D eigenvalue weighted by atomic mass is 16.6. The predicted octanol–water partition coefficient (Wildman–Crippen LogP) is 6.07. The Bertz CT molecular complexity index is 1490. The topological polar surface area (TPSA) is 81.7 Å². The first-order chi connectivity index (χ1) is 18.2. The van der Waals surface area contributed by atoms with Gasteiger partial charge in [-0.25, -0.2) is 4.79 Å². The molecule has 0 aliphatic carbocycles. The molecule has 0 aliphatic heterocycles. The first-order valence-corrected chi connectivity index (χ1v) is 11.4. The van der Waals surface area contributed by atoms with E-state index in [-0.39, 0.29) is 40.8 Å². The van der Waals surface area contributed by atoms with Gasteiger partial charge in [-0.3, -0.25) is 9.59 Å². The molecule has 6 nitrogen and oxygen atoms in total. The Kier molecular flexibility index (Phi) is 14.4. The van der Waals surface area contributed by atoms with Crippen LogP contribution < -0.4 is 5.32 Å². The maximum atomic E-state index is 12.6.